The predicted octanol–water partition coefficient (Wildman–Crippen LogP) is 4.09. The summed E-state index contributed by atoms with van der Waals surface area (Å²) in [7, 11) is 0. The van der Waals surface area contributed by atoms with Crippen molar-refractivity contribution in [3.63, 3.8) is 0 Å². The molecule has 4 rings (SSSR count). The van der Waals surface area contributed by atoms with Crippen molar-refractivity contribution in [2.45, 2.75) is 6.42 Å². The number of hydrogen-bond donors (Lipinski definition) is 2. The van der Waals surface area contributed by atoms with Crippen molar-refractivity contribution in [2.75, 3.05) is 43.1 Å². The molecule has 1 aromatic heterocycles. The maximum absolute atomic E-state index is 11.6. The molecule has 0 spiro atoms. The quantitative estimate of drug-likeness (QED) is 0.455. The van der Waals surface area contributed by atoms with Crippen LogP contribution in [-0.4, -0.2) is 42.8 Å². The van der Waals surface area contributed by atoms with E-state index in [4.69, 9.17) is 16.3 Å². The summed E-state index contributed by atoms with van der Waals surface area (Å²) >= 11 is 6.36. The number of ether oxygens (including phenoxy) is 1. The van der Waals surface area contributed by atoms with Crippen LogP contribution in [-0.2, 0) is 11.2 Å². The first-order chi connectivity index (χ1) is 14.6. The zero-order chi connectivity index (χ0) is 21.1. The third-order valence-electron chi connectivity index (χ3n) is 5.24. The number of anilines is 2. The van der Waals surface area contributed by atoms with Gasteiger partial charge in [-0.1, -0.05) is 29.8 Å². The Bertz CT molecular complexity index is 1130. The summed E-state index contributed by atoms with van der Waals surface area (Å²) in [5.41, 5.74) is 2.95. The van der Waals surface area contributed by atoms with E-state index in [0.29, 0.717) is 50.6 Å². The Labute approximate surface area is 178 Å². The van der Waals surface area contributed by atoms with Crippen molar-refractivity contribution in [3.8, 4) is 6.07 Å². The van der Waals surface area contributed by atoms with Crippen molar-refractivity contribution < 1.29 is 9.66 Å². The smallest absolute Gasteiger partial charge is 0.295 e. The number of halogens is 1. The monoisotopic (exact) mass is 425 g/mol. The molecule has 0 saturated carbocycles. The Morgan fingerprint density at radius 1 is 1.33 bits per heavy atom. The zero-order valence-electron chi connectivity index (χ0n) is 16.2. The minimum Gasteiger partial charge on any atom is -0.382 e. The lowest BCUT2D eigenvalue weighted by Gasteiger charge is -2.30. The van der Waals surface area contributed by atoms with Crippen LogP contribution in [0.4, 0.5) is 17.1 Å². The zero-order valence-corrected chi connectivity index (χ0v) is 16.9. The number of para-hydroxylation sites is 1. The molecule has 9 heteroatoms. The molecule has 0 aliphatic carbocycles. The first-order valence-electron chi connectivity index (χ1n) is 9.62. The summed E-state index contributed by atoms with van der Waals surface area (Å²) in [5, 5.41) is 26.0. The van der Waals surface area contributed by atoms with E-state index in [0.717, 1.165) is 16.5 Å². The van der Waals surface area contributed by atoms with Crippen molar-refractivity contribution in [3.05, 3.63) is 62.8 Å². The highest BCUT2D eigenvalue weighted by Gasteiger charge is 2.29. The summed E-state index contributed by atoms with van der Waals surface area (Å²) in [5.74, 6) is 0. The number of nitro benzene ring substituents is 1. The molecule has 2 heterocycles. The van der Waals surface area contributed by atoms with Crippen LogP contribution in [0.3, 0.4) is 0 Å². The molecule has 154 valence electrons. The van der Waals surface area contributed by atoms with Gasteiger partial charge >= 0.3 is 0 Å². The molecule has 1 aliphatic heterocycles. The van der Waals surface area contributed by atoms with Crippen LogP contribution in [0.5, 0.6) is 0 Å². The molecule has 0 bridgehead atoms. The summed E-state index contributed by atoms with van der Waals surface area (Å²) in [6, 6.07) is 11.5. The van der Waals surface area contributed by atoms with Crippen LogP contribution < -0.4 is 10.2 Å². The number of hydrogen-bond acceptors (Lipinski definition) is 6. The van der Waals surface area contributed by atoms with Crippen LogP contribution in [0.1, 0.15) is 11.1 Å². The Morgan fingerprint density at radius 3 is 2.83 bits per heavy atom. The fourth-order valence-electron chi connectivity index (χ4n) is 3.81. The third-order valence-corrected chi connectivity index (χ3v) is 5.54. The van der Waals surface area contributed by atoms with E-state index in [1.807, 2.05) is 29.3 Å². The lowest BCUT2D eigenvalue weighted by molar-refractivity contribution is -0.384. The number of aromatic nitrogens is 1. The Morgan fingerprint density at radius 2 is 2.10 bits per heavy atom. The SMILES string of the molecule is N#Cc1c(NCCc2c[nH]c3ccccc23)c(Cl)cc([N+](=O)[O-])c1N1CCOCC1. The molecule has 2 aromatic carbocycles. The molecule has 8 nitrogen and oxygen atoms in total. The van der Waals surface area contributed by atoms with Gasteiger partial charge in [0.2, 0.25) is 0 Å². The average molecular weight is 426 g/mol. The Balaban J connectivity index is 1.63. The molecule has 3 aromatic rings. The van der Waals surface area contributed by atoms with Crippen molar-refractivity contribution in [1.82, 2.24) is 4.98 Å². The van der Waals surface area contributed by atoms with Gasteiger partial charge in [0.25, 0.3) is 5.69 Å². The van der Waals surface area contributed by atoms with Crippen molar-refractivity contribution in [2.24, 2.45) is 0 Å². The van der Waals surface area contributed by atoms with Gasteiger partial charge < -0.3 is 19.9 Å². The first kappa shape index (κ1) is 20.0. The minimum atomic E-state index is -0.493. The summed E-state index contributed by atoms with van der Waals surface area (Å²) in [6.07, 6.45) is 2.67. The fourth-order valence-corrected chi connectivity index (χ4v) is 4.08. The van der Waals surface area contributed by atoms with E-state index in [2.05, 4.69) is 22.4 Å². The van der Waals surface area contributed by atoms with Crippen LogP contribution in [0.25, 0.3) is 10.9 Å². The molecule has 1 aliphatic rings. The van der Waals surface area contributed by atoms with Crippen LogP contribution >= 0.6 is 11.6 Å². The van der Waals surface area contributed by atoms with Gasteiger partial charge in [-0.15, -0.1) is 0 Å². The van der Waals surface area contributed by atoms with Gasteiger partial charge in [-0.05, 0) is 18.1 Å². The molecular formula is C21H20ClN5O3. The predicted molar refractivity (Wildman–Crippen MR) is 116 cm³/mol. The second-order valence-electron chi connectivity index (χ2n) is 6.98. The van der Waals surface area contributed by atoms with E-state index in [1.165, 1.54) is 6.07 Å². The molecular weight excluding hydrogens is 406 g/mol. The van der Waals surface area contributed by atoms with Gasteiger partial charge in [0.05, 0.1) is 28.8 Å². The van der Waals surface area contributed by atoms with Gasteiger partial charge in [0.1, 0.15) is 17.3 Å². The van der Waals surface area contributed by atoms with E-state index in [1.54, 1.807) is 0 Å². The third kappa shape index (κ3) is 3.77. The number of rotatable bonds is 6. The van der Waals surface area contributed by atoms with Crippen LogP contribution in [0, 0.1) is 21.4 Å². The normalized spacial score (nSPS) is 13.9. The molecule has 0 atom stereocenters. The average Bonchev–Trinajstić information content (AvgIpc) is 3.18. The standard InChI is InChI=1S/C21H20ClN5O3/c22-17-11-19(27(28)29)21(26-7-9-30-10-8-26)16(12-23)20(17)24-6-5-14-13-25-18-4-2-1-3-15(14)18/h1-4,11,13,24-25H,5-10H2. The number of morpholine rings is 1. The number of nitrogens with zero attached hydrogens (tertiary/aromatic N) is 3. The maximum Gasteiger partial charge on any atom is 0.295 e. The fraction of sp³-hybridized carbons (Fsp3) is 0.286. The van der Waals surface area contributed by atoms with E-state index in [9.17, 15) is 15.4 Å². The number of nitro groups is 1. The largest absolute Gasteiger partial charge is 0.382 e. The number of benzene rings is 2. The van der Waals surface area contributed by atoms with Gasteiger partial charge in [-0.3, -0.25) is 10.1 Å². The molecule has 30 heavy (non-hydrogen) atoms. The highest BCUT2D eigenvalue weighted by atomic mass is 35.5. The van der Waals surface area contributed by atoms with Crippen molar-refractivity contribution in [1.29, 1.82) is 5.26 Å². The minimum absolute atomic E-state index is 0.161. The number of fused-ring (bicyclic) bond motifs is 1. The maximum atomic E-state index is 11.6. The van der Waals surface area contributed by atoms with Gasteiger partial charge in [0, 0.05) is 42.8 Å². The first-order valence-corrected chi connectivity index (χ1v) is 10.0. The summed E-state index contributed by atoms with van der Waals surface area (Å²) in [4.78, 5) is 16.2. The lowest BCUT2D eigenvalue weighted by Crippen LogP contribution is -2.37. The molecule has 0 amide bonds. The molecule has 0 radical (unpaired) electrons. The van der Waals surface area contributed by atoms with Gasteiger partial charge in [-0.2, -0.15) is 5.26 Å². The van der Waals surface area contributed by atoms with Crippen LogP contribution in [0.2, 0.25) is 5.02 Å². The molecule has 1 saturated heterocycles. The van der Waals surface area contributed by atoms with Crippen LogP contribution in [0.15, 0.2) is 36.5 Å². The topological polar surface area (TPSA) is 107 Å². The summed E-state index contributed by atoms with van der Waals surface area (Å²) < 4.78 is 5.35. The summed E-state index contributed by atoms with van der Waals surface area (Å²) in [6.45, 7) is 2.39. The number of nitriles is 1. The Kier molecular flexibility index (Phi) is 5.74. The molecule has 2 N–H and O–H groups in total. The number of nitrogens with one attached hydrogen (secondary N) is 2. The highest BCUT2D eigenvalue weighted by Crippen LogP contribution is 2.41. The number of H-pyrrole nitrogens is 1. The van der Waals surface area contributed by atoms with E-state index < -0.39 is 4.92 Å². The number of aromatic amines is 1. The van der Waals surface area contributed by atoms with Crippen molar-refractivity contribution >= 4 is 39.6 Å². The van der Waals surface area contributed by atoms with Gasteiger partial charge in [0.15, 0.2) is 0 Å². The van der Waals surface area contributed by atoms with Gasteiger partial charge in [-0.25, -0.2) is 0 Å². The lowest BCUT2D eigenvalue weighted by atomic mass is 10.1. The van der Waals surface area contributed by atoms with E-state index >= 15 is 0 Å². The Hall–Kier alpha value is -3.28. The second kappa shape index (κ2) is 8.61. The molecule has 0 unspecified atom stereocenters. The highest BCUT2D eigenvalue weighted by molar-refractivity contribution is 6.34. The molecule has 1 fully saturated rings. The second-order valence-corrected chi connectivity index (χ2v) is 7.39. The van der Waals surface area contributed by atoms with E-state index in [-0.39, 0.29) is 16.3 Å².